The minimum absolute atomic E-state index is 0.253. The lowest BCUT2D eigenvalue weighted by Crippen LogP contribution is -1.90. The van der Waals surface area contributed by atoms with E-state index >= 15 is 0 Å². The Morgan fingerprint density at radius 1 is 1.18 bits per heavy atom. The number of halogens is 1. The number of nitrogens with two attached hydrogens (primary N) is 1. The third-order valence-corrected chi connectivity index (χ3v) is 3.31. The lowest BCUT2D eigenvalue weighted by molar-refractivity contribution is 0.414. The van der Waals surface area contributed by atoms with Crippen molar-refractivity contribution in [2.24, 2.45) is 0 Å². The van der Waals surface area contributed by atoms with Crippen LogP contribution in [0.2, 0.25) is 0 Å². The smallest absolute Gasteiger partial charge is 0.124 e. The van der Waals surface area contributed by atoms with Gasteiger partial charge in [-0.3, -0.25) is 0 Å². The van der Waals surface area contributed by atoms with Crippen molar-refractivity contribution >= 4 is 17.4 Å². The van der Waals surface area contributed by atoms with E-state index in [0.717, 1.165) is 15.5 Å². The van der Waals surface area contributed by atoms with Gasteiger partial charge in [0.05, 0.1) is 7.11 Å². The highest BCUT2D eigenvalue weighted by atomic mass is 32.2. The average Bonchev–Trinajstić information content (AvgIpc) is 2.32. The van der Waals surface area contributed by atoms with Gasteiger partial charge >= 0.3 is 0 Å². The third kappa shape index (κ3) is 2.91. The van der Waals surface area contributed by atoms with Crippen molar-refractivity contribution in [1.82, 2.24) is 0 Å². The minimum Gasteiger partial charge on any atom is -0.497 e. The standard InChI is InChI=1S/C13H12FNOS/c1-16-10-5-6-12(15)13(8-10)17-11-4-2-3-9(14)7-11/h2-8H,15H2,1H3. The molecule has 2 nitrogen and oxygen atoms in total. The Hall–Kier alpha value is -1.68. The van der Waals surface area contributed by atoms with Gasteiger partial charge in [0.2, 0.25) is 0 Å². The zero-order chi connectivity index (χ0) is 12.3. The van der Waals surface area contributed by atoms with E-state index in [1.165, 1.54) is 23.9 Å². The van der Waals surface area contributed by atoms with Crippen LogP contribution in [-0.4, -0.2) is 7.11 Å². The van der Waals surface area contributed by atoms with Crippen LogP contribution in [-0.2, 0) is 0 Å². The number of hydrogen-bond acceptors (Lipinski definition) is 3. The number of rotatable bonds is 3. The molecule has 0 aliphatic carbocycles. The molecule has 0 amide bonds. The fraction of sp³-hybridized carbons (Fsp3) is 0.0769. The normalized spacial score (nSPS) is 10.2. The summed E-state index contributed by atoms with van der Waals surface area (Å²) >= 11 is 1.41. The number of methoxy groups -OCH3 is 1. The summed E-state index contributed by atoms with van der Waals surface area (Å²) in [6.07, 6.45) is 0. The topological polar surface area (TPSA) is 35.2 Å². The first-order chi connectivity index (χ1) is 8.19. The summed E-state index contributed by atoms with van der Waals surface area (Å²) in [6.45, 7) is 0. The van der Waals surface area contributed by atoms with Crippen molar-refractivity contribution in [2.75, 3.05) is 12.8 Å². The molecule has 0 radical (unpaired) electrons. The SMILES string of the molecule is COc1ccc(N)c(Sc2cccc(F)c2)c1. The Balaban J connectivity index is 2.29. The maximum atomic E-state index is 13.0. The van der Waals surface area contributed by atoms with Crippen LogP contribution in [0.1, 0.15) is 0 Å². The van der Waals surface area contributed by atoms with E-state index in [0.29, 0.717) is 5.69 Å². The maximum Gasteiger partial charge on any atom is 0.124 e. The van der Waals surface area contributed by atoms with Crippen LogP contribution in [0.15, 0.2) is 52.3 Å². The summed E-state index contributed by atoms with van der Waals surface area (Å²) in [5.41, 5.74) is 6.51. The molecule has 0 saturated carbocycles. The molecule has 2 aromatic rings. The second kappa shape index (κ2) is 5.10. The van der Waals surface area contributed by atoms with Gasteiger partial charge in [0.25, 0.3) is 0 Å². The summed E-state index contributed by atoms with van der Waals surface area (Å²) < 4.78 is 18.2. The predicted octanol–water partition coefficient (Wildman–Crippen LogP) is 3.57. The Morgan fingerprint density at radius 3 is 2.71 bits per heavy atom. The summed E-state index contributed by atoms with van der Waals surface area (Å²) in [5, 5.41) is 0. The zero-order valence-electron chi connectivity index (χ0n) is 9.31. The molecule has 2 aromatic carbocycles. The van der Waals surface area contributed by atoms with Crippen LogP contribution in [0, 0.1) is 5.82 Å². The molecular formula is C13H12FNOS. The van der Waals surface area contributed by atoms with Crippen LogP contribution in [0.3, 0.4) is 0 Å². The largest absolute Gasteiger partial charge is 0.497 e. The zero-order valence-corrected chi connectivity index (χ0v) is 10.1. The van der Waals surface area contributed by atoms with Gasteiger partial charge in [-0.05, 0) is 36.4 Å². The number of nitrogen functional groups attached to an aromatic ring is 1. The molecule has 0 aliphatic rings. The summed E-state index contributed by atoms with van der Waals surface area (Å²) in [6, 6.07) is 11.8. The molecule has 4 heteroatoms. The Bertz CT molecular complexity index is 531. The van der Waals surface area contributed by atoms with E-state index in [2.05, 4.69) is 0 Å². The van der Waals surface area contributed by atoms with Gasteiger partial charge in [-0.1, -0.05) is 17.8 Å². The summed E-state index contributed by atoms with van der Waals surface area (Å²) in [5.74, 6) is 0.481. The molecule has 0 atom stereocenters. The van der Waals surface area contributed by atoms with Crippen molar-refractivity contribution in [2.45, 2.75) is 9.79 Å². The monoisotopic (exact) mass is 249 g/mol. The highest BCUT2D eigenvalue weighted by Gasteiger charge is 2.04. The van der Waals surface area contributed by atoms with Crippen LogP contribution in [0.5, 0.6) is 5.75 Å². The maximum absolute atomic E-state index is 13.0. The van der Waals surface area contributed by atoms with Crippen LogP contribution >= 0.6 is 11.8 Å². The van der Waals surface area contributed by atoms with Crippen LogP contribution in [0.4, 0.5) is 10.1 Å². The fourth-order valence-corrected chi connectivity index (χ4v) is 2.32. The van der Waals surface area contributed by atoms with Crippen molar-refractivity contribution in [3.8, 4) is 5.75 Å². The van der Waals surface area contributed by atoms with Gasteiger partial charge in [0.1, 0.15) is 11.6 Å². The highest BCUT2D eigenvalue weighted by molar-refractivity contribution is 7.99. The molecule has 0 fully saturated rings. The van der Waals surface area contributed by atoms with E-state index < -0.39 is 0 Å². The van der Waals surface area contributed by atoms with E-state index in [1.807, 2.05) is 12.1 Å². The summed E-state index contributed by atoms with van der Waals surface area (Å²) in [7, 11) is 1.60. The third-order valence-electron chi connectivity index (χ3n) is 2.24. The molecule has 2 N–H and O–H groups in total. The highest BCUT2D eigenvalue weighted by Crippen LogP contribution is 2.34. The van der Waals surface area contributed by atoms with Gasteiger partial charge in [-0.25, -0.2) is 4.39 Å². The summed E-state index contributed by atoms with van der Waals surface area (Å²) in [4.78, 5) is 1.67. The molecular weight excluding hydrogens is 237 g/mol. The molecule has 0 aliphatic heterocycles. The van der Waals surface area contributed by atoms with Crippen molar-refractivity contribution in [3.63, 3.8) is 0 Å². The second-order valence-electron chi connectivity index (χ2n) is 3.46. The Morgan fingerprint density at radius 2 is 2.00 bits per heavy atom. The molecule has 0 heterocycles. The van der Waals surface area contributed by atoms with Gasteiger partial charge in [-0.2, -0.15) is 0 Å². The average molecular weight is 249 g/mol. The van der Waals surface area contributed by atoms with E-state index in [-0.39, 0.29) is 5.82 Å². The van der Waals surface area contributed by atoms with Crippen LogP contribution < -0.4 is 10.5 Å². The minimum atomic E-state index is -0.253. The molecule has 0 bridgehead atoms. The van der Waals surface area contributed by atoms with Crippen molar-refractivity contribution in [1.29, 1.82) is 0 Å². The molecule has 0 aromatic heterocycles. The number of anilines is 1. The van der Waals surface area contributed by atoms with E-state index in [9.17, 15) is 4.39 Å². The molecule has 2 rings (SSSR count). The van der Waals surface area contributed by atoms with Crippen molar-refractivity contribution < 1.29 is 9.13 Å². The first-order valence-electron chi connectivity index (χ1n) is 5.06. The first-order valence-corrected chi connectivity index (χ1v) is 5.87. The van der Waals surface area contributed by atoms with Gasteiger partial charge in [0, 0.05) is 15.5 Å². The molecule has 0 saturated heterocycles. The van der Waals surface area contributed by atoms with Gasteiger partial charge in [0.15, 0.2) is 0 Å². The number of hydrogen-bond donors (Lipinski definition) is 1. The van der Waals surface area contributed by atoms with Gasteiger partial charge < -0.3 is 10.5 Å². The van der Waals surface area contributed by atoms with E-state index in [4.69, 9.17) is 10.5 Å². The second-order valence-corrected chi connectivity index (χ2v) is 4.58. The molecule has 0 unspecified atom stereocenters. The van der Waals surface area contributed by atoms with Crippen LogP contribution in [0.25, 0.3) is 0 Å². The molecule has 88 valence electrons. The van der Waals surface area contributed by atoms with E-state index in [1.54, 1.807) is 25.3 Å². The Labute approximate surface area is 104 Å². The number of benzene rings is 2. The molecule has 17 heavy (non-hydrogen) atoms. The number of ether oxygens (including phenoxy) is 1. The Kier molecular flexibility index (Phi) is 3.54. The quantitative estimate of drug-likeness (QED) is 0.845. The lowest BCUT2D eigenvalue weighted by atomic mass is 10.3. The van der Waals surface area contributed by atoms with Gasteiger partial charge in [-0.15, -0.1) is 0 Å². The molecule has 0 spiro atoms. The fourth-order valence-electron chi connectivity index (χ4n) is 1.39. The predicted molar refractivity (Wildman–Crippen MR) is 67.9 cm³/mol. The lowest BCUT2D eigenvalue weighted by Gasteiger charge is -2.07. The van der Waals surface area contributed by atoms with Crippen molar-refractivity contribution in [3.05, 3.63) is 48.3 Å². The first kappa shape index (κ1) is 11.8.